The highest BCUT2D eigenvalue weighted by Crippen LogP contribution is 2.51. The summed E-state index contributed by atoms with van der Waals surface area (Å²) in [6, 6.07) is 69.2. The predicted octanol–water partition coefficient (Wildman–Crippen LogP) is 16.1. The Morgan fingerprint density at radius 2 is 1.02 bits per heavy atom. The number of benzene rings is 9. The van der Waals surface area contributed by atoms with Crippen LogP contribution in [0.15, 0.2) is 203 Å². The molecule has 0 aliphatic carbocycles. The first-order valence-corrected chi connectivity index (χ1v) is 20.7. The normalized spacial score (nSPS) is 12.1. The minimum absolute atomic E-state index is 0.808. The summed E-state index contributed by atoms with van der Waals surface area (Å²) in [7, 11) is 0. The number of nitrogens with zero attached hydrogens (tertiary/aromatic N) is 2. The van der Waals surface area contributed by atoms with Gasteiger partial charge in [0, 0.05) is 48.0 Å². The highest BCUT2D eigenvalue weighted by molar-refractivity contribution is 7.26. The topological polar surface area (TPSA) is 34.5 Å². The lowest BCUT2D eigenvalue weighted by Gasteiger charge is -2.28. The van der Waals surface area contributed by atoms with Crippen molar-refractivity contribution >= 4 is 114 Å². The molecule has 0 radical (unpaired) electrons. The number of aromatic nitrogens is 1. The standard InChI is InChI=1S/C54H32N2O2S/c1-2-16-33(17-3-1)34-18-4-9-25-42(34)55(46-29-15-24-39-37-21-8-13-31-49(37)59-54(39)46)45-28-14-23-38-41-32-48-50(40-22-7-12-30-47(40)57-48)51(53(41)58-52(38)45)56-43-26-10-5-19-35(43)36-20-6-11-27-44(36)56/h1-32H. The van der Waals surface area contributed by atoms with Gasteiger partial charge in [0.15, 0.2) is 11.2 Å². The maximum atomic E-state index is 7.50. The van der Waals surface area contributed by atoms with E-state index in [2.05, 4.69) is 198 Å². The van der Waals surface area contributed by atoms with Gasteiger partial charge in [-0.1, -0.05) is 146 Å². The van der Waals surface area contributed by atoms with Crippen molar-refractivity contribution in [3.63, 3.8) is 0 Å². The molecule has 13 rings (SSSR count). The van der Waals surface area contributed by atoms with Crippen LogP contribution >= 0.6 is 11.3 Å². The van der Waals surface area contributed by atoms with Crippen LogP contribution in [0.2, 0.25) is 0 Å². The number of para-hydroxylation sites is 5. The maximum Gasteiger partial charge on any atom is 0.160 e. The van der Waals surface area contributed by atoms with Crippen LogP contribution in [0.4, 0.5) is 17.1 Å². The second kappa shape index (κ2) is 12.4. The fraction of sp³-hybridized carbons (Fsp3) is 0. The molecule has 0 spiro atoms. The summed E-state index contributed by atoms with van der Waals surface area (Å²) in [6.07, 6.45) is 0. The van der Waals surface area contributed by atoms with E-state index in [9.17, 15) is 0 Å². The quantitative estimate of drug-likeness (QED) is 0.175. The molecule has 5 heteroatoms. The van der Waals surface area contributed by atoms with E-state index in [0.717, 1.165) is 88.8 Å². The van der Waals surface area contributed by atoms with Crippen molar-refractivity contribution in [3.8, 4) is 16.8 Å². The summed E-state index contributed by atoms with van der Waals surface area (Å²) >= 11 is 1.84. The zero-order chi connectivity index (χ0) is 38.6. The summed E-state index contributed by atoms with van der Waals surface area (Å²) in [6.45, 7) is 0. The molecule has 0 atom stereocenters. The van der Waals surface area contributed by atoms with Gasteiger partial charge >= 0.3 is 0 Å². The zero-order valence-corrected chi connectivity index (χ0v) is 32.4. The Morgan fingerprint density at radius 3 is 1.83 bits per heavy atom. The Morgan fingerprint density at radius 1 is 0.407 bits per heavy atom. The Balaban J connectivity index is 1.18. The zero-order valence-electron chi connectivity index (χ0n) is 31.6. The van der Waals surface area contributed by atoms with E-state index in [-0.39, 0.29) is 0 Å². The molecule has 4 nitrogen and oxygen atoms in total. The lowest BCUT2D eigenvalue weighted by atomic mass is 10.0. The Bertz CT molecular complexity index is 3760. The highest BCUT2D eigenvalue weighted by Gasteiger charge is 2.28. The molecule has 13 aromatic rings. The molecule has 4 heterocycles. The first kappa shape index (κ1) is 32.5. The first-order chi connectivity index (χ1) is 29.3. The molecule has 9 aromatic carbocycles. The smallest absolute Gasteiger partial charge is 0.160 e. The van der Waals surface area contributed by atoms with Gasteiger partial charge in [0.25, 0.3) is 0 Å². The van der Waals surface area contributed by atoms with E-state index in [1.54, 1.807) is 0 Å². The van der Waals surface area contributed by atoms with Crippen LogP contribution in [0, 0.1) is 0 Å². The minimum atomic E-state index is 0.808. The summed E-state index contributed by atoms with van der Waals surface area (Å²) in [4.78, 5) is 2.42. The van der Waals surface area contributed by atoms with Gasteiger partial charge in [-0.15, -0.1) is 11.3 Å². The second-order valence-electron chi connectivity index (χ2n) is 15.2. The summed E-state index contributed by atoms with van der Waals surface area (Å²) in [5.41, 5.74) is 11.9. The first-order valence-electron chi connectivity index (χ1n) is 19.9. The SMILES string of the molecule is c1ccc(-c2ccccc2N(c2cccc3c2oc2c(-n4c5ccccc5c5ccccc54)c4c(cc23)oc2ccccc24)c2cccc3c2sc2ccccc23)cc1. The number of anilines is 3. The van der Waals surface area contributed by atoms with Crippen LogP contribution in [0.25, 0.3) is 103 Å². The Labute approximate surface area is 342 Å². The molecule has 0 aliphatic rings. The van der Waals surface area contributed by atoms with Crippen molar-refractivity contribution in [2.75, 3.05) is 4.90 Å². The molecule has 0 saturated heterocycles. The molecule has 0 bridgehead atoms. The van der Waals surface area contributed by atoms with Gasteiger partial charge in [0.1, 0.15) is 16.9 Å². The van der Waals surface area contributed by atoms with Gasteiger partial charge in [-0.3, -0.25) is 0 Å². The minimum Gasteiger partial charge on any atom is -0.456 e. The van der Waals surface area contributed by atoms with E-state index in [4.69, 9.17) is 8.83 Å². The third kappa shape index (κ3) is 4.65. The number of furan rings is 2. The van der Waals surface area contributed by atoms with Crippen LogP contribution in [-0.4, -0.2) is 4.57 Å². The van der Waals surface area contributed by atoms with Crippen molar-refractivity contribution < 1.29 is 8.83 Å². The molecular formula is C54H32N2O2S. The van der Waals surface area contributed by atoms with Gasteiger partial charge < -0.3 is 18.3 Å². The molecule has 0 unspecified atom stereocenters. The molecule has 59 heavy (non-hydrogen) atoms. The number of hydrogen-bond donors (Lipinski definition) is 0. The summed E-state index contributed by atoms with van der Waals surface area (Å²) in [5, 5.41) is 8.99. The Kier molecular flexibility index (Phi) is 6.85. The van der Waals surface area contributed by atoms with Crippen molar-refractivity contribution in [2.45, 2.75) is 0 Å². The molecule has 0 amide bonds. The number of fused-ring (bicyclic) bond motifs is 12. The second-order valence-corrected chi connectivity index (χ2v) is 16.2. The summed E-state index contributed by atoms with van der Waals surface area (Å²) in [5.74, 6) is 0. The lowest BCUT2D eigenvalue weighted by Crippen LogP contribution is -2.11. The third-order valence-electron chi connectivity index (χ3n) is 12.0. The van der Waals surface area contributed by atoms with E-state index in [0.29, 0.717) is 0 Å². The Hall–Kier alpha value is -7.60. The van der Waals surface area contributed by atoms with E-state index in [1.165, 1.54) is 30.9 Å². The van der Waals surface area contributed by atoms with E-state index >= 15 is 0 Å². The predicted molar refractivity (Wildman–Crippen MR) is 248 cm³/mol. The van der Waals surface area contributed by atoms with Crippen molar-refractivity contribution in [3.05, 3.63) is 194 Å². The monoisotopic (exact) mass is 772 g/mol. The molecule has 0 aliphatic heterocycles. The average Bonchev–Trinajstić information content (AvgIpc) is 4.06. The largest absolute Gasteiger partial charge is 0.456 e. The van der Waals surface area contributed by atoms with Crippen LogP contribution in [0.1, 0.15) is 0 Å². The third-order valence-corrected chi connectivity index (χ3v) is 13.2. The lowest BCUT2D eigenvalue weighted by molar-refractivity contribution is 0.662. The van der Waals surface area contributed by atoms with E-state index < -0.39 is 0 Å². The average molecular weight is 773 g/mol. The van der Waals surface area contributed by atoms with Gasteiger partial charge in [0.05, 0.1) is 38.2 Å². The van der Waals surface area contributed by atoms with Gasteiger partial charge in [0.2, 0.25) is 0 Å². The molecule has 0 N–H and O–H groups in total. The molecule has 4 aromatic heterocycles. The number of hydrogen-bond acceptors (Lipinski definition) is 4. The molecule has 276 valence electrons. The molecule has 0 saturated carbocycles. The van der Waals surface area contributed by atoms with Crippen LogP contribution in [0.5, 0.6) is 0 Å². The van der Waals surface area contributed by atoms with Crippen LogP contribution < -0.4 is 4.90 Å². The maximum absolute atomic E-state index is 7.50. The highest BCUT2D eigenvalue weighted by atomic mass is 32.1. The molecule has 0 fully saturated rings. The molecular weight excluding hydrogens is 741 g/mol. The van der Waals surface area contributed by atoms with Crippen molar-refractivity contribution in [2.24, 2.45) is 0 Å². The van der Waals surface area contributed by atoms with Gasteiger partial charge in [-0.2, -0.15) is 0 Å². The van der Waals surface area contributed by atoms with Gasteiger partial charge in [-0.25, -0.2) is 0 Å². The van der Waals surface area contributed by atoms with Crippen LogP contribution in [0.3, 0.4) is 0 Å². The number of rotatable bonds is 5. The van der Waals surface area contributed by atoms with Crippen LogP contribution in [-0.2, 0) is 0 Å². The van der Waals surface area contributed by atoms with Crippen molar-refractivity contribution in [1.82, 2.24) is 4.57 Å². The number of thiophene rings is 1. The van der Waals surface area contributed by atoms with E-state index in [1.807, 2.05) is 17.4 Å². The van der Waals surface area contributed by atoms with Crippen molar-refractivity contribution in [1.29, 1.82) is 0 Å². The summed E-state index contributed by atoms with van der Waals surface area (Å²) < 4.78 is 19.1. The fourth-order valence-electron chi connectivity index (χ4n) is 9.48. The van der Waals surface area contributed by atoms with Gasteiger partial charge in [-0.05, 0) is 54.1 Å². The fourth-order valence-corrected chi connectivity index (χ4v) is 10.7.